The summed E-state index contributed by atoms with van der Waals surface area (Å²) in [7, 11) is 1.35. The largest absolute Gasteiger partial charge is 0.492 e. The van der Waals surface area contributed by atoms with Crippen LogP contribution in [0, 0.1) is 29.5 Å². The lowest BCUT2D eigenvalue weighted by molar-refractivity contribution is -0.119. The number of carbonyl (C=O) groups excluding carboxylic acids is 1. The van der Waals surface area contributed by atoms with Crippen molar-refractivity contribution in [3.05, 3.63) is 33.6 Å². The maximum atomic E-state index is 15.1. The Balaban J connectivity index is 1.61. The predicted octanol–water partition coefficient (Wildman–Crippen LogP) is 5.09. The summed E-state index contributed by atoms with van der Waals surface area (Å²) < 4.78 is 20.8. The summed E-state index contributed by atoms with van der Waals surface area (Å²) in [5.74, 6) is -1.02. The summed E-state index contributed by atoms with van der Waals surface area (Å²) in [6, 6.07) is 3.05. The van der Waals surface area contributed by atoms with Crippen molar-refractivity contribution in [1.82, 2.24) is 14.6 Å². The molecule has 3 aromatic rings. The van der Waals surface area contributed by atoms with E-state index in [1.807, 2.05) is 6.92 Å². The molecule has 0 atom stereocenters. The second-order valence-corrected chi connectivity index (χ2v) is 12.1. The first-order valence-electron chi connectivity index (χ1n) is 11.1. The number of nitrogens with zero attached hydrogens (tertiary/aromatic N) is 4. The van der Waals surface area contributed by atoms with E-state index in [0.29, 0.717) is 31.8 Å². The summed E-state index contributed by atoms with van der Waals surface area (Å²) >= 11 is 2.38. The van der Waals surface area contributed by atoms with Gasteiger partial charge in [0.25, 0.3) is 0 Å². The molecule has 5 rings (SSSR count). The van der Waals surface area contributed by atoms with Crippen LogP contribution in [0.1, 0.15) is 50.2 Å². The molecule has 2 aliphatic carbocycles. The van der Waals surface area contributed by atoms with E-state index in [9.17, 15) is 14.8 Å². The first-order chi connectivity index (χ1) is 16.1. The highest BCUT2D eigenvalue weighted by molar-refractivity contribution is 8.01. The number of benzene rings is 1. The van der Waals surface area contributed by atoms with Crippen LogP contribution in [0.25, 0.3) is 16.2 Å². The zero-order valence-electron chi connectivity index (χ0n) is 19.3. The smallest absolute Gasteiger partial charge is 0.302 e. The van der Waals surface area contributed by atoms with Gasteiger partial charge in [-0.15, -0.1) is 16.7 Å². The van der Waals surface area contributed by atoms with Gasteiger partial charge >= 0.3 is 5.91 Å². The van der Waals surface area contributed by atoms with Crippen LogP contribution in [0.2, 0.25) is 0 Å². The molecule has 0 saturated heterocycles. The van der Waals surface area contributed by atoms with Crippen LogP contribution in [0.15, 0.2) is 22.2 Å². The van der Waals surface area contributed by atoms with Crippen molar-refractivity contribution >= 4 is 34.0 Å². The molecule has 1 N–H and O–H groups in total. The highest BCUT2D eigenvalue weighted by Gasteiger charge is 2.56. The number of methoxy groups -OCH3 is 1. The van der Waals surface area contributed by atoms with E-state index in [-0.39, 0.29) is 17.6 Å². The molecule has 2 saturated carbocycles. The Morgan fingerprint density at radius 3 is 2.50 bits per heavy atom. The van der Waals surface area contributed by atoms with Gasteiger partial charge in [0, 0.05) is 10.7 Å². The Bertz CT molecular complexity index is 1300. The minimum absolute atomic E-state index is 0.0188. The molecular weight excluding hydrogens is 479 g/mol. The molecular formula is C23H25FN4O4S2. The molecule has 0 unspecified atom stereocenters. The van der Waals surface area contributed by atoms with Crippen LogP contribution in [-0.2, 0) is 10.4 Å². The van der Waals surface area contributed by atoms with Crippen molar-refractivity contribution in [2.24, 2.45) is 17.0 Å². The normalized spacial score (nSPS) is 16.8. The molecule has 0 radical (unpaired) electrons. The van der Waals surface area contributed by atoms with Gasteiger partial charge in [-0.25, -0.2) is 13.9 Å². The molecule has 2 aliphatic rings. The summed E-state index contributed by atoms with van der Waals surface area (Å²) in [6.07, 6.45) is 3.98. The Morgan fingerprint density at radius 2 is 1.94 bits per heavy atom. The number of hydrogen-bond donors (Lipinski definition) is 1. The second-order valence-electron chi connectivity index (χ2n) is 9.52. The number of rotatable bonds is 8. The molecule has 0 aliphatic heterocycles. The Hall–Kier alpha value is -2.37. The highest BCUT2D eigenvalue weighted by Crippen LogP contribution is 2.58. The molecule has 2 heterocycles. The highest BCUT2D eigenvalue weighted by atomic mass is 32.2. The number of imidazole rings is 1. The summed E-state index contributed by atoms with van der Waals surface area (Å²) in [5.41, 5.74) is 0.852. The fraction of sp³-hybridized carbons (Fsp3) is 0.522. The summed E-state index contributed by atoms with van der Waals surface area (Å²) in [4.78, 5) is 28.5. The van der Waals surface area contributed by atoms with Crippen LogP contribution in [-0.4, -0.2) is 37.5 Å². The topological polar surface area (TPSA) is 106 Å². The molecule has 11 heteroatoms. The van der Waals surface area contributed by atoms with Crippen LogP contribution < -0.4 is 4.74 Å². The van der Waals surface area contributed by atoms with Gasteiger partial charge in [0.2, 0.25) is 4.96 Å². The molecule has 1 aromatic carbocycles. The standard InChI is InChI=1S/C23H25FN4O4S2/c1-11-17(12-9-15(24)18(32-4)16(10-12)34-22(2,3)19(29)27-31)28-21(25-11)33-20(26-28)23(30,13-5-6-13)14-7-8-14/h9-10,13-14,30H,5-8H2,1-4H3. The Morgan fingerprint density at radius 1 is 1.29 bits per heavy atom. The number of amides is 1. The number of thioether (sulfide) groups is 1. The third kappa shape index (κ3) is 3.74. The van der Waals surface area contributed by atoms with Crippen molar-refractivity contribution in [2.45, 2.75) is 61.7 Å². The molecule has 0 spiro atoms. The first kappa shape index (κ1) is 23.4. The van der Waals surface area contributed by atoms with Gasteiger partial charge in [0.1, 0.15) is 10.6 Å². The lowest BCUT2D eigenvalue weighted by Gasteiger charge is -2.25. The van der Waals surface area contributed by atoms with Crippen molar-refractivity contribution in [3.63, 3.8) is 0 Å². The van der Waals surface area contributed by atoms with Crippen LogP contribution in [0.4, 0.5) is 4.39 Å². The van der Waals surface area contributed by atoms with Gasteiger partial charge < -0.3 is 9.84 Å². The fourth-order valence-electron chi connectivity index (χ4n) is 4.48. The number of halogens is 1. The van der Waals surface area contributed by atoms with E-state index >= 15 is 4.39 Å². The van der Waals surface area contributed by atoms with Crippen LogP contribution in [0.3, 0.4) is 0 Å². The number of fused-ring (bicyclic) bond motifs is 1. The summed E-state index contributed by atoms with van der Waals surface area (Å²) in [6.45, 7) is 4.93. The Kier molecular flexibility index (Phi) is 5.57. The van der Waals surface area contributed by atoms with E-state index in [1.54, 1.807) is 24.4 Å². The molecule has 0 bridgehead atoms. The lowest BCUT2D eigenvalue weighted by atomic mass is 9.93. The zero-order valence-corrected chi connectivity index (χ0v) is 20.9. The van der Waals surface area contributed by atoms with E-state index < -0.39 is 22.1 Å². The molecule has 34 heavy (non-hydrogen) atoms. The number of aromatic nitrogens is 3. The zero-order chi connectivity index (χ0) is 24.4. The number of nitroso groups, excluding NO2 is 1. The Labute approximate surface area is 203 Å². The lowest BCUT2D eigenvalue weighted by Crippen LogP contribution is -2.31. The maximum absolute atomic E-state index is 15.1. The van der Waals surface area contributed by atoms with Crippen molar-refractivity contribution in [1.29, 1.82) is 0 Å². The average molecular weight is 505 g/mol. The van der Waals surface area contributed by atoms with Gasteiger partial charge in [-0.1, -0.05) is 11.3 Å². The predicted molar refractivity (Wildman–Crippen MR) is 128 cm³/mol. The van der Waals surface area contributed by atoms with Crippen LogP contribution in [0.5, 0.6) is 5.75 Å². The van der Waals surface area contributed by atoms with Crippen molar-refractivity contribution in [2.75, 3.05) is 7.11 Å². The minimum Gasteiger partial charge on any atom is -0.492 e. The average Bonchev–Trinajstić information content (AvgIpc) is 3.69. The van der Waals surface area contributed by atoms with Gasteiger partial charge in [-0.3, -0.25) is 4.79 Å². The van der Waals surface area contributed by atoms with Gasteiger partial charge in [-0.2, -0.15) is 5.10 Å². The van der Waals surface area contributed by atoms with Gasteiger partial charge in [-0.05, 0) is 70.4 Å². The number of aliphatic hydroxyl groups is 1. The third-order valence-electron chi connectivity index (χ3n) is 6.57. The van der Waals surface area contributed by atoms with E-state index in [0.717, 1.165) is 37.4 Å². The number of carbonyl (C=O) groups is 1. The third-order valence-corrected chi connectivity index (χ3v) is 8.83. The molecule has 1 amide bonds. The fourth-order valence-corrected chi connectivity index (χ4v) is 6.81. The van der Waals surface area contributed by atoms with Gasteiger partial charge in [0.05, 0.1) is 28.1 Å². The molecule has 2 fully saturated rings. The first-order valence-corrected chi connectivity index (χ1v) is 12.8. The summed E-state index contributed by atoms with van der Waals surface area (Å²) in [5, 5.41) is 19.5. The number of hydrogen-bond acceptors (Lipinski definition) is 8. The minimum atomic E-state index is -1.21. The number of aryl methyl sites for hydroxylation is 1. The second kappa shape index (κ2) is 8.10. The monoisotopic (exact) mass is 504 g/mol. The van der Waals surface area contributed by atoms with Crippen molar-refractivity contribution in [3.8, 4) is 17.0 Å². The van der Waals surface area contributed by atoms with Gasteiger partial charge in [0.15, 0.2) is 11.6 Å². The van der Waals surface area contributed by atoms with Crippen LogP contribution >= 0.6 is 23.1 Å². The maximum Gasteiger partial charge on any atom is 0.302 e. The van der Waals surface area contributed by atoms with E-state index in [1.165, 1.54) is 24.5 Å². The SMILES string of the molecule is COc1c(F)cc(-c2c(C)nc3sc(C(O)(C4CC4)C4CC4)nn23)cc1SC(C)(C)C(=O)N=O. The van der Waals surface area contributed by atoms with E-state index in [4.69, 9.17) is 9.84 Å². The van der Waals surface area contributed by atoms with E-state index in [2.05, 4.69) is 10.2 Å². The molecule has 180 valence electrons. The molecule has 2 aromatic heterocycles. The quantitative estimate of drug-likeness (QED) is 0.337. The number of ether oxygens (including phenoxy) is 1. The molecule has 8 nitrogen and oxygen atoms in total. The van der Waals surface area contributed by atoms with Crippen molar-refractivity contribution < 1.29 is 19.0 Å².